The Labute approximate surface area is 200 Å². The monoisotopic (exact) mass is 512 g/mol. The molecule has 14 heteroatoms. The van der Waals surface area contributed by atoms with Crippen molar-refractivity contribution in [1.29, 1.82) is 0 Å². The molecule has 1 aliphatic heterocycles. The number of benzene rings is 1. The fourth-order valence-electron chi connectivity index (χ4n) is 3.74. The Morgan fingerprint density at radius 1 is 1.14 bits per heavy atom. The maximum atomic E-state index is 14.7. The fourth-order valence-corrected chi connectivity index (χ4v) is 3.74. The van der Waals surface area contributed by atoms with Crippen LogP contribution in [-0.2, 0) is 10.9 Å². The molecule has 4 rings (SSSR count). The molecule has 1 amide bonds. The number of aromatic nitrogens is 4. The molecule has 2 atom stereocenters. The standard InChI is InChI=1S/C22H18F6N6O2/c1-12-15(8-32-17-10-31-16(9-33-17)22(26,27)28)34(11-21(24,25)36-12)20(35)13-4-2-5-14(23)18(13)19-29-6-3-7-30-19/h2-7,9-10,12,15H,8,11H2,1H3,(H,32,33)/t12-,15+/m0/s1. The third kappa shape index (κ3) is 5.37. The van der Waals surface area contributed by atoms with Crippen molar-refractivity contribution in [2.24, 2.45) is 0 Å². The minimum Gasteiger partial charge on any atom is -0.367 e. The maximum Gasteiger partial charge on any atom is 0.434 e. The van der Waals surface area contributed by atoms with Gasteiger partial charge >= 0.3 is 12.3 Å². The van der Waals surface area contributed by atoms with Gasteiger partial charge in [-0.3, -0.25) is 4.79 Å². The van der Waals surface area contributed by atoms with Crippen LogP contribution < -0.4 is 5.32 Å². The van der Waals surface area contributed by atoms with E-state index in [2.05, 4.69) is 25.3 Å². The van der Waals surface area contributed by atoms with E-state index in [1.807, 2.05) is 0 Å². The van der Waals surface area contributed by atoms with E-state index in [9.17, 15) is 31.1 Å². The Bertz CT molecular complexity index is 1230. The molecule has 3 heterocycles. The van der Waals surface area contributed by atoms with Gasteiger partial charge in [0.2, 0.25) is 0 Å². The average molecular weight is 512 g/mol. The van der Waals surface area contributed by atoms with Gasteiger partial charge in [-0.2, -0.15) is 22.0 Å². The lowest BCUT2D eigenvalue weighted by Gasteiger charge is -2.43. The van der Waals surface area contributed by atoms with Gasteiger partial charge in [0, 0.05) is 18.9 Å². The first-order valence-corrected chi connectivity index (χ1v) is 10.5. The lowest BCUT2D eigenvalue weighted by molar-refractivity contribution is -0.298. The second kappa shape index (κ2) is 9.68. The molecule has 0 aliphatic carbocycles. The van der Waals surface area contributed by atoms with Crippen LogP contribution in [0, 0.1) is 5.82 Å². The lowest BCUT2D eigenvalue weighted by Crippen LogP contribution is -2.61. The summed E-state index contributed by atoms with van der Waals surface area (Å²) in [4.78, 5) is 29.1. The molecule has 1 aliphatic rings. The normalized spacial score (nSPS) is 19.7. The van der Waals surface area contributed by atoms with Gasteiger partial charge in [0.05, 0.1) is 35.7 Å². The zero-order valence-corrected chi connectivity index (χ0v) is 18.5. The van der Waals surface area contributed by atoms with E-state index in [0.717, 1.165) is 17.2 Å². The molecule has 0 bridgehead atoms. The van der Waals surface area contributed by atoms with Crippen LogP contribution in [0.5, 0.6) is 0 Å². The minimum atomic E-state index is -4.68. The molecule has 1 fully saturated rings. The van der Waals surface area contributed by atoms with Crippen molar-refractivity contribution in [3.63, 3.8) is 0 Å². The average Bonchev–Trinajstić information content (AvgIpc) is 2.82. The Hall–Kier alpha value is -3.81. The zero-order valence-electron chi connectivity index (χ0n) is 18.5. The molecular weight excluding hydrogens is 494 g/mol. The molecule has 0 saturated carbocycles. The first-order valence-electron chi connectivity index (χ1n) is 10.5. The Morgan fingerprint density at radius 2 is 1.86 bits per heavy atom. The van der Waals surface area contributed by atoms with Crippen molar-refractivity contribution in [2.75, 3.05) is 18.4 Å². The number of anilines is 1. The largest absolute Gasteiger partial charge is 0.434 e. The highest BCUT2D eigenvalue weighted by Crippen LogP contribution is 2.33. The van der Waals surface area contributed by atoms with Gasteiger partial charge in [-0.25, -0.2) is 24.3 Å². The smallest absolute Gasteiger partial charge is 0.367 e. The number of nitrogens with one attached hydrogen (secondary N) is 1. The number of halogens is 6. The topological polar surface area (TPSA) is 93.1 Å². The van der Waals surface area contributed by atoms with E-state index in [0.29, 0.717) is 6.20 Å². The van der Waals surface area contributed by atoms with E-state index < -0.39 is 48.4 Å². The number of amides is 1. The summed E-state index contributed by atoms with van der Waals surface area (Å²) in [6.45, 7) is -0.0623. The van der Waals surface area contributed by atoms with Crippen molar-refractivity contribution in [3.8, 4) is 11.4 Å². The Kier molecular flexibility index (Phi) is 6.80. The van der Waals surface area contributed by atoms with Gasteiger partial charge in [-0.1, -0.05) is 6.07 Å². The van der Waals surface area contributed by atoms with Crippen LogP contribution in [0.3, 0.4) is 0 Å². The molecule has 1 N–H and O–H groups in total. The maximum absolute atomic E-state index is 14.7. The van der Waals surface area contributed by atoms with Crippen LogP contribution in [0.2, 0.25) is 0 Å². The molecule has 190 valence electrons. The van der Waals surface area contributed by atoms with Gasteiger partial charge in [0.1, 0.15) is 18.2 Å². The van der Waals surface area contributed by atoms with Crippen LogP contribution in [0.15, 0.2) is 49.1 Å². The van der Waals surface area contributed by atoms with Crippen molar-refractivity contribution in [2.45, 2.75) is 31.4 Å². The highest BCUT2D eigenvalue weighted by atomic mass is 19.4. The first-order chi connectivity index (χ1) is 17.0. The molecule has 8 nitrogen and oxygen atoms in total. The number of alkyl halides is 5. The van der Waals surface area contributed by atoms with Gasteiger partial charge in [0.15, 0.2) is 11.5 Å². The van der Waals surface area contributed by atoms with Crippen molar-refractivity contribution in [3.05, 3.63) is 66.1 Å². The minimum absolute atomic E-state index is 0.0796. The third-order valence-corrected chi connectivity index (χ3v) is 5.38. The molecule has 0 spiro atoms. The summed E-state index contributed by atoms with van der Waals surface area (Å²) in [6.07, 6.45) is -5.57. The predicted octanol–water partition coefficient (Wildman–Crippen LogP) is 4.03. The highest BCUT2D eigenvalue weighted by molar-refractivity contribution is 6.00. The fraction of sp³-hybridized carbons (Fsp3) is 0.318. The number of nitrogens with zero attached hydrogens (tertiary/aromatic N) is 5. The zero-order chi connectivity index (χ0) is 26.1. The summed E-state index contributed by atoms with van der Waals surface area (Å²) in [5.74, 6) is -1.95. The summed E-state index contributed by atoms with van der Waals surface area (Å²) in [5.41, 5.74) is -1.71. The number of morpholine rings is 1. The van der Waals surface area contributed by atoms with Crippen molar-refractivity contribution < 1.29 is 35.9 Å². The Morgan fingerprint density at radius 3 is 2.50 bits per heavy atom. The van der Waals surface area contributed by atoms with Gasteiger partial charge in [-0.05, 0) is 25.1 Å². The van der Waals surface area contributed by atoms with E-state index in [4.69, 9.17) is 4.74 Å². The van der Waals surface area contributed by atoms with Gasteiger partial charge in [-0.15, -0.1) is 0 Å². The number of hydrogen-bond acceptors (Lipinski definition) is 7. The summed E-state index contributed by atoms with van der Waals surface area (Å²) >= 11 is 0. The molecular formula is C22H18F6N6O2. The molecule has 0 unspecified atom stereocenters. The summed E-state index contributed by atoms with van der Waals surface area (Å²) < 4.78 is 86.3. The van der Waals surface area contributed by atoms with Crippen molar-refractivity contribution >= 4 is 11.7 Å². The van der Waals surface area contributed by atoms with E-state index in [1.54, 1.807) is 0 Å². The van der Waals surface area contributed by atoms with E-state index in [1.165, 1.54) is 37.5 Å². The van der Waals surface area contributed by atoms with Crippen LogP contribution in [0.25, 0.3) is 11.4 Å². The van der Waals surface area contributed by atoms with Gasteiger partial charge in [0.25, 0.3) is 5.91 Å². The molecule has 1 aromatic carbocycles. The second-order valence-electron chi connectivity index (χ2n) is 7.86. The number of rotatable bonds is 5. The van der Waals surface area contributed by atoms with E-state index >= 15 is 0 Å². The number of ether oxygens (including phenoxy) is 1. The second-order valence-corrected chi connectivity index (χ2v) is 7.86. The summed E-state index contributed by atoms with van der Waals surface area (Å²) in [6, 6.07) is 4.06. The van der Waals surface area contributed by atoms with Crippen LogP contribution in [0.1, 0.15) is 23.0 Å². The number of carbonyl (C=O) groups excluding carboxylic acids is 1. The van der Waals surface area contributed by atoms with Crippen LogP contribution in [-0.4, -0.2) is 62.1 Å². The molecule has 0 radical (unpaired) electrons. The number of carbonyl (C=O) groups is 1. The lowest BCUT2D eigenvalue weighted by atomic mass is 10.0. The SMILES string of the molecule is C[C@@H]1OC(F)(F)CN(C(=O)c2cccc(F)c2-c2ncccn2)[C@@H]1CNc1cnc(C(F)(F)F)cn1. The first kappa shape index (κ1) is 25.3. The Balaban J connectivity index is 1.63. The molecule has 1 saturated heterocycles. The molecule has 36 heavy (non-hydrogen) atoms. The van der Waals surface area contributed by atoms with Gasteiger partial charge < -0.3 is 15.0 Å². The number of hydrogen-bond donors (Lipinski definition) is 1. The summed E-state index contributed by atoms with van der Waals surface area (Å²) in [7, 11) is 0. The van der Waals surface area contributed by atoms with E-state index in [-0.39, 0.29) is 29.3 Å². The van der Waals surface area contributed by atoms with Crippen molar-refractivity contribution in [1.82, 2.24) is 24.8 Å². The molecule has 2 aromatic heterocycles. The van der Waals surface area contributed by atoms with Crippen LogP contribution >= 0.6 is 0 Å². The third-order valence-electron chi connectivity index (χ3n) is 5.38. The van der Waals surface area contributed by atoms with Crippen LogP contribution in [0.4, 0.5) is 32.2 Å². The highest BCUT2D eigenvalue weighted by Gasteiger charge is 2.47. The predicted molar refractivity (Wildman–Crippen MR) is 113 cm³/mol. The quantitative estimate of drug-likeness (QED) is 0.516. The summed E-state index contributed by atoms with van der Waals surface area (Å²) in [5, 5.41) is 2.69. The molecule has 3 aromatic rings.